The molecule has 0 aliphatic carbocycles. The Morgan fingerprint density at radius 1 is 0.423 bits per heavy atom. The van der Waals surface area contributed by atoms with E-state index in [2.05, 4.69) is 0 Å². The van der Waals surface area contributed by atoms with Crippen LogP contribution in [0.4, 0.5) is 0 Å². The Kier molecular flexibility index (Phi) is 2.09. The first kappa shape index (κ1) is 8.82. The lowest BCUT2D eigenvalue weighted by molar-refractivity contribution is 1.65. The van der Waals surface area contributed by atoms with E-state index in [4.69, 9.17) is 11.0 Å². The molecule has 0 unspecified atom stereocenters. The van der Waals surface area contributed by atoms with Crippen molar-refractivity contribution in [2.75, 3.05) is 0 Å². The Morgan fingerprint density at radius 3 is 1.04 bits per heavy atom. The van der Waals surface area contributed by atoms with Gasteiger partial charge in [0.2, 0.25) is 0 Å². The first-order valence-electron chi connectivity index (χ1n) is 12.3. The largest absolute Gasteiger partial charge is 0.0629 e. The lowest BCUT2D eigenvalue weighted by Crippen LogP contribution is -1.90. The van der Waals surface area contributed by atoms with Gasteiger partial charge in [0, 0.05) is 0 Å². The summed E-state index contributed by atoms with van der Waals surface area (Å²) >= 11 is 0. The van der Waals surface area contributed by atoms with Crippen LogP contribution in [0.2, 0.25) is 0 Å². The second-order valence-corrected chi connectivity index (χ2v) is 5.98. The molecular formula is C26H18. The van der Waals surface area contributed by atoms with E-state index in [0.717, 1.165) is 0 Å². The van der Waals surface area contributed by atoms with E-state index in [-0.39, 0.29) is 45.7 Å². The van der Waals surface area contributed by atoms with Crippen molar-refractivity contribution in [3.05, 3.63) is 109 Å². The molecule has 122 valence electrons. The third-order valence-corrected chi connectivity index (χ3v) is 4.50. The van der Waals surface area contributed by atoms with Gasteiger partial charge < -0.3 is 0 Å². The van der Waals surface area contributed by atoms with Crippen molar-refractivity contribution in [3.63, 3.8) is 0 Å². The molecule has 0 radical (unpaired) electrons. The Morgan fingerprint density at radius 2 is 0.731 bits per heavy atom. The summed E-state index contributed by atoms with van der Waals surface area (Å²) in [6.45, 7) is 0. The first-order valence-corrected chi connectivity index (χ1v) is 8.32. The van der Waals surface area contributed by atoms with E-state index in [0.29, 0.717) is 22.3 Å². The van der Waals surface area contributed by atoms with Gasteiger partial charge in [-0.2, -0.15) is 0 Å². The van der Waals surface area contributed by atoms with E-state index >= 15 is 0 Å². The van der Waals surface area contributed by atoms with Crippen LogP contribution in [-0.4, -0.2) is 0 Å². The molecule has 0 saturated carbocycles. The number of hydrogen-bond acceptors (Lipinski definition) is 0. The number of hydrogen-bond donors (Lipinski definition) is 0. The Balaban J connectivity index is 2.26. The molecule has 0 aromatic heterocycles. The highest BCUT2D eigenvalue weighted by molar-refractivity contribution is 6.21. The molecule has 0 heteroatoms. The van der Waals surface area contributed by atoms with Gasteiger partial charge in [-0.25, -0.2) is 0 Å². The van der Waals surface area contributed by atoms with Crippen LogP contribution in [0.1, 0.15) is 11.0 Å². The zero-order valence-corrected chi connectivity index (χ0v) is 13.8. The van der Waals surface area contributed by atoms with E-state index in [1.54, 1.807) is 48.5 Å². The van der Waals surface area contributed by atoms with E-state index in [1.165, 1.54) is 0 Å². The van der Waals surface area contributed by atoms with Gasteiger partial charge >= 0.3 is 0 Å². The SMILES string of the molecule is [2H]c1c([2H])c([2H])c2c(-c3ccccc3)c3c([2H])c([2H])c([2H])c([2H])c3c(-c3ccccc3)c2c1[2H]. The second-order valence-electron chi connectivity index (χ2n) is 5.98. The highest BCUT2D eigenvalue weighted by atomic mass is 14.2. The predicted octanol–water partition coefficient (Wildman–Crippen LogP) is 7.33. The molecule has 0 nitrogen and oxygen atoms in total. The van der Waals surface area contributed by atoms with Crippen LogP contribution in [0.5, 0.6) is 0 Å². The van der Waals surface area contributed by atoms with Gasteiger partial charge in [-0.3, -0.25) is 0 Å². The van der Waals surface area contributed by atoms with Crippen LogP contribution in [0.3, 0.4) is 0 Å². The number of benzene rings is 5. The Hall–Kier alpha value is -3.38. The number of rotatable bonds is 2. The minimum atomic E-state index is -0.395. The fourth-order valence-electron chi connectivity index (χ4n) is 3.41. The summed E-state index contributed by atoms with van der Waals surface area (Å²) in [6, 6.07) is 15.3. The summed E-state index contributed by atoms with van der Waals surface area (Å²) in [5.74, 6) is 0. The number of fused-ring (bicyclic) bond motifs is 2. The van der Waals surface area contributed by atoms with Crippen LogP contribution in [0, 0.1) is 0 Å². The smallest absolute Gasteiger partial charge is 0.0622 e. The van der Waals surface area contributed by atoms with Crippen molar-refractivity contribution < 1.29 is 11.0 Å². The van der Waals surface area contributed by atoms with E-state index < -0.39 is 24.2 Å². The zero-order valence-electron chi connectivity index (χ0n) is 21.8. The quantitative estimate of drug-likeness (QED) is 0.296. The minimum absolute atomic E-state index is 0.230. The van der Waals surface area contributed by atoms with Crippen LogP contribution >= 0.6 is 0 Å². The fraction of sp³-hybridized carbons (Fsp3) is 0. The van der Waals surface area contributed by atoms with Gasteiger partial charge in [0.25, 0.3) is 0 Å². The van der Waals surface area contributed by atoms with Gasteiger partial charge in [-0.15, -0.1) is 0 Å². The highest BCUT2D eigenvalue weighted by Crippen LogP contribution is 2.43. The Labute approximate surface area is 164 Å². The summed E-state index contributed by atoms with van der Waals surface area (Å²) < 4.78 is 68.5. The summed E-state index contributed by atoms with van der Waals surface area (Å²) in [4.78, 5) is 0. The molecule has 0 fully saturated rings. The average Bonchev–Trinajstić information content (AvgIpc) is 2.87. The van der Waals surface area contributed by atoms with Gasteiger partial charge in [0.1, 0.15) is 0 Å². The standard InChI is InChI=1S/C26H18/c1-3-11-19(12-4-1)25-21-15-7-9-17-23(21)26(20-13-5-2-6-14-20)24-18-10-8-16-22(24)25/h1-18H/i7D,8D,9D,10D,15D,16D,17D,18D. The summed E-state index contributed by atoms with van der Waals surface area (Å²) in [6.07, 6.45) is 0. The van der Waals surface area contributed by atoms with Crippen molar-refractivity contribution in [1.82, 2.24) is 0 Å². The molecule has 5 aromatic carbocycles. The topological polar surface area (TPSA) is 0 Å². The average molecular weight is 338 g/mol. The van der Waals surface area contributed by atoms with Crippen LogP contribution in [0.15, 0.2) is 109 Å². The fourth-order valence-corrected chi connectivity index (χ4v) is 3.41. The van der Waals surface area contributed by atoms with Gasteiger partial charge in [0.05, 0.1) is 11.0 Å². The van der Waals surface area contributed by atoms with E-state index in [9.17, 15) is 0 Å². The minimum Gasteiger partial charge on any atom is -0.0622 e. The molecule has 0 saturated heterocycles. The lowest BCUT2D eigenvalue weighted by atomic mass is 9.86. The molecule has 0 heterocycles. The van der Waals surface area contributed by atoms with Gasteiger partial charge in [-0.05, 0) is 43.8 Å². The molecule has 0 amide bonds. The van der Waals surface area contributed by atoms with Gasteiger partial charge in [0.15, 0.2) is 0 Å². The van der Waals surface area contributed by atoms with Crippen LogP contribution in [0.25, 0.3) is 43.8 Å². The molecular weight excluding hydrogens is 312 g/mol. The molecule has 5 rings (SSSR count). The molecule has 0 aliphatic rings. The van der Waals surface area contributed by atoms with Gasteiger partial charge in [-0.1, -0.05) is 109 Å². The van der Waals surface area contributed by atoms with Crippen LogP contribution in [-0.2, 0) is 0 Å². The molecule has 5 aromatic rings. The van der Waals surface area contributed by atoms with Crippen molar-refractivity contribution in [2.45, 2.75) is 0 Å². The zero-order chi connectivity index (χ0) is 24.3. The molecule has 0 atom stereocenters. The third-order valence-electron chi connectivity index (χ3n) is 4.50. The second kappa shape index (κ2) is 6.16. The van der Waals surface area contributed by atoms with Crippen molar-refractivity contribution in [3.8, 4) is 22.3 Å². The highest BCUT2D eigenvalue weighted by Gasteiger charge is 2.15. The van der Waals surface area contributed by atoms with E-state index in [1.807, 2.05) is 12.1 Å². The van der Waals surface area contributed by atoms with Crippen molar-refractivity contribution in [2.24, 2.45) is 0 Å². The maximum absolute atomic E-state index is 8.79. The summed E-state index contributed by atoms with van der Waals surface area (Å²) in [5, 5.41) is 0.921. The predicted molar refractivity (Wildman–Crippen MR) is 112 cm³/mol. The lowest BCUT2D eigenvalue weighted by Gasteiger charge is -2.17. The molecule has 0 N–H and O–H groups in total. The third kappa shape index (κ3) is 2.31. The Bertz CT molecular complexity index is 1410. The van der Waals surface area contributed by atoms with Crippen molar-refractivity contribution >= 4 is 21.5 Å². The van der Waals surface area contributed by atoms with Crippen molar-refractivity contribution in [1.29, 1.82) is 0 Å². The normalized spacial score (nSPS) is 15.4. The maximum atomic E-state index is 8.79. The summed E-state index contributed by atoms with van der Waals surface area (Å²) in [7, 11) is 0. The molecule has 0 spiro atoms. The first-order chi connectivity index (χ1) is 16.3. The molecule has 0 bridgehead atoms. The monoisotopic (exact) mass is 338 g/mol. The van der Waals surface area contributed by atoms with Crippen LogP contribution < -0.4 is 0 Å². The molecule has 0 aliphatic heterocycles. The molecule has 26 heavy (non-hydrogen) atoms. The summed E-state index contributed by atoms with van der Waals surface area (Å²) in [5.41, 5.74) is 1.94. The maximum Gasteiger partial charge on any atom is 0.0629 e.